The Balaban J connectivity index is 1.42. The first-order valence-corrected chi connectivity index (χ1v) is 12.9. The first-order chi connectivity index (χ1) is 18.6. The highest BCUT2D eigenvalue weighted by Crippen LogP contribution is 2.39. The third-order valence-electron chi connectivity index (χ3n) is 6.97. The Morgan fingerprint density at radius 2 is 1.92 bits per heavy atom. The summed E-state index contributed by atoms with van der Waals surface area (Å²) in [5.74, 6) is 0.492. The fourth-order valence-electron chi connectivity index (χ4n) is 4.89. The van der Waals surface area contributed by atoms with Gasteiger partial charge in [-0.3, -0.25) is 9.36 Å². The van der Waals surface area contributed by atoms with E-state index in [1.807, 2.05) is 23.9 Å². The van der Waals surface area contributed by atoms with Gasteiger partial charge in [0.15, 0.2) is 11.4 Å². The largest absolute Gasteiger partial charge is 0.488 e. The maximum Gasteiger partial charge on any atom is 0.437 e. The lowest BCUT2D eigenvalue weighted by Crippen LogP contribution is -2.27. The first-order valence-electron chi connectivity index (χ1n) is 12.9. The number of nitriles is 1. The fraction of sp³-hybridized carbons (Fsp3) is 0.444. The molecule has 1 fully saturated rings. The number of hydrogen-bond donors (Lipinski definition) is 1. The van der Waals surface area contributed by atoms with Crippen LogP contribution in [0.25, 0.3) is 22.2 Å². The number of nitrogens with one attached hydrogen (secondary N) is 1. The predicted molar refractivity (Wildman–Crippen MR) is 139 cm³/mol. The topological polar surface area (TPSA) is 106 Å². The Hall–Kier alpha value is -4.14. The number of hydrogen-bond acceptors (Lipinski definition) is 7. The van der Waals surface area contributed by atoms with Gasteiger partial charge in [0.05, 0.1) is 29.9 Å². The maximum atomic E-state index is 13.4. The smallest absolute Gasteiger partial charge is 0.437 e. The SMILES string of the molecule is CCNc1cc2c(cn1)c(-c1cnn(C(C)(C)C#N)c1)nn2C1CCC(Oc2cccnc2C(F)(F)F)CC1. The summed E-state index contributed by atoms with van der Waals surface area (Å²) >= 11 is 0. The third kappa shape index (κ3) is 5.26. The zero-order valence-corrected chi connectivity index (χ0v) is 21.9. The van der Waals surface area contributed by atoms with Crippen molar-refractivity contribution in [2.24, 2.45) is 0 Å². The number of anilines is 1. The molecule has 1 saturated carbocycles. The van der Waals surface area contributed by atoms with Crippen LogP contribution in [0, 0.1) is 11.3 Å². The van der Waals surface area contributed by atoms with Crippen LogP contribution >= 0.6 is 0 Å². The molecule has 0 aromatic carbocycles. The number of aromatic nitrogens is 6. The van der Waals surface area contributed by atoms with Crippen molar-refractivity contribution in [2.45, 2.75) is 70.3 Å². The summed E-state index contributed by atoms with van der Waals surface area (Å²) in [6.45, 7) is 6.28. The number of fused-ring (bicyclic) bond motifs is 1. The zero-order valence-electron chi connectivity index (χ0n) is 21.9. The first kappa shape index (κ1) is 26.5. The van der Waals surface area contributed by atoms with Gasteiger partial charge in [-0.15, -0.1) is 0 Å². The molecule has 0 unspecified atom stereocenters. The molecule has 0 amide bonds. The van der Waals surface area contributed by atoms with Gasteiger partial charge in [0, 0.05) is 42.2 Å². The molecule has 1 aliphatic carbocycles. The predicted octanol–water partition coefficient (Wildman–Crippen LogP) is 5.96. The molecule has 0 atom stereocenters. The molecule has 1 N–H and O–H groups in total. The summed E-state index contributed by atoms with van der Waals surface area (Å²) in [5, 5.41) is 23.0. The summed E-state index contributed by atoms with van der Waals surface area (Å²) < 4.78 is 49.5. The zero-order chi connectivity index (χ0) is 27.8. The van der Waals surface area contributed by atoms with Crippen molar-refractivity contribution in [2.75, 3.05) is 11.9 Å². The van der Waals surface area contributed by atoms with Gasteiger partial charge in [-0.1, -0.05) is 0 Å². The van der Waals surface area contributed by atoms with E-state index in [1.165, 1.54) is 12.1 Å². The van der Waals surface area contributed by atoms with E-state index in [0.29, 0.717) is 37.9 Å². The monoisotopic (exact) mass is 538 g/mol. The molecule has 9 nitrogen and oxygen atoms in total. The van der Waals surface area contributed by atoms with Gasteiger partial charge in [0.2, 0.25) is 0 Å². The van der Waals surface area contributed by atoms with Crippen molar-refractivity contribution in [1.82, 2.24) is 29.5 Å². The number of alkyl halides is 3. The summed E-state index contributed by atoms with van der Waals surface area (Å²) in [4.78, 5) is 8.03. The average molecular weight is 539 g/mol. The Morgan fingerprint density at radius 3 is 2.62 bits per heavy atom. The molecule has 4 aromatic rings. The van der Waals surface area contributed by atoms with E-state index in [4.69, 9.17) is 9.84 Å². The van der Waals surface area contributed by atoms with E-state index in [2.05, 4.69) is 26.5 Å². The number of pyridine rings is 2. The quantitative estimate of drug-likeness (QED) is 0.309. The van der Waals surface area contributed by atoms with Gasteiger partial charge in [0.1, 0.15) is 17.1 Å². The van der Waals surface area contributed by atoms with Crippen LogP contribution < -0.4 is 10.1 Å². The van der Waals surface area contributed by atoms with Crippen molar-refractivity contribution in [3.05, 3.63) is 48.7 Å². The van der Waals surface area contributed by atoms with E-state index in [1.54, 1.807) is 30.9 Å². The van der Waals surface area contributed by atoms with E-state index in [9.17, 15) is 18.4 Å². The minimum Gasteiger partial charge on any atom is -0.488 e. The van der Waals surface area contributed by atoms with Crippen molar-refractivity contribution in [3.8, 4) is 23.1 Å². The van der Waals surface area contributed by atoms with Crippen LogP contribution in [-0.2, 0) is 11.7 Å². The molecular formula is C27H29F3N8O. The van der Waals surface area contributed by atoms with Gasteiger partial charge < -0.3 is 10.1 Å². The van der Waals surface area contributed by atoms with Crippen LogP contribution in [0.1, 0.15) is 58.2 Å². The van der Waals surface area contributed by atoms with Crippen molar-refractivity contribution in [1.29, 1.82) is 5.26 Å². The van der Waals surface area contributed by atoms with Crippen LogP contribution in [-0.4, -0.2) is 42.2 Å². The van der Waals surface area contributed by atoms with Gasteiger partial charge in [-0.2, -0.15) is 28.6 Å². The second-order valence-electron chi connectivity index (χ2n) is 10.2. The Morgan fingerprint density at radius 1 is 1.15 bits per heavy atom. The Labute approximate surface area is 223 Å². The molecule has 204 valence electrons. The molecule has 5 rings (SSSR count). The lowest BCUT2D eigenvalue weighted by molar-refractivity contribution is -0.143. The highest BCUT2D eigenvalue weighted by atomic mass is 19.4. The Kier molecular flexibility index (Phi) is 6.92. The van der Waals surface area contributed by atoms with Crippen LogP contribution in [0.3, 0.4) is 0 Å². The minimum atomic E-state index is -4.58. The second-order valence-corrected chi connectivity index (χ2v) is 10.2. The number of ether oxygens (including phenoxy) is 1. The molecule has 0 aliphatic heterocycles. The molecule has 12 heteroatoms. The molecule has 0 radical (unpaired) electrons. The van der Waals surface area contributed by atoms with Crippen molar-refractivity contribution >= 4 is 16.7 Å². The molecule has 4 heterocycles. The van der Waals surface area contributed by atoms with Gasteiger partial charge in [0.25, 0.3) is 0 Å². The fourth-order valence-corrected chi connectivity index (χ4v) is 4.89. The highest BCUT2D eigenvalue weighted by Gasteiger charge is 2.37. The summed E-state index contributed by atoms with van der Waals surface area (Å²) in [7, 11) is 0. The Bertz CT molecular complexity index is 1510. The molecule has 1 aliphatic rings. The molecule has 0 spiro atoms. The van der Waals surface area contributed by atoms with E-state index in [0.717, 1.165) is 28.5 Å². The maximum absolute atomic E-state index is 13.4. The normalized spacial score (nSPS) is 18.2. The summed E-state index contributed by atoms with van der Waals surface area (Å²) in [5.41, 5.74) is 0.571. The van der Waals surface area contributed by atoms with Crippen LogP contribution in [0.4, 0.5) is 19.0 Å². The lowest BCUT2D eigenvalue weighted by Gasteiger charge is -2.30. The van der Waals surface area contributed by atoms with E-state index >= 15 is 0 Å². The van der Waals surface area contributed by atoms with Gasteiger partial charge >= 0.3 is 6.18 Å². The average Bonchev–Trinajstić information content (AvgIpc) is 3.55. The van der Waals surface area contributed by atoms with Crippen molar-refractivity contribution < 1.29 is 17.9 Å². The molecule has 0 bridgehead atoms. The van der Waals surface area contributed by atoms with Gasteiger partial charge in [-0.05, 0) is 58.6 Å². The highest BCUT2D eigenvalue weighted by molar-refractivity contribution is 5.93. The molecule has 0 saturated heterocycles. The standard InChI is InChI=1S/C27H29F3N8O/c1-4-32-23-12-21-20(14-34-23)24(17-13-35-37(15-17)26(2,3)16-31)36-38(21)18-7-9-19(10-8-18)39-22-6-5-11-33-25(22)27(28,29)30/h5-6,11-15,18-19H,4,7-10H2,1-3H3,(H,32,34). The third-order valence-corrected chi connectivity index (χ3v) is 6.97. The number of nitrogens with zero attached hydrogens (tertiary/aromatic N) is 7. The summed E-state index contributed by atoms with van der Waals surface area (Å²) in [6.07, 6.45) is 4.00. The molecule has 39 heavy (non-hydrogen) atoms. The minimum absolute atomic E-state index is 0.0274. The number of halogens is 3. The summed E-state index contributed by atoms with van der Waals surface area (Å²) in [6, 6.07) is 7.01. The lowest BCUT2D eigenvalue weighted by atomic mass is 9.93. The van der Waals surface area contributed by atoms with E-state index in [-0.39, 0.29) is 17.9 Å². The van der Waals surface area contributed by atoms with Crippen LogP contribution in [0.15, 0.2) is 43.0 Å². The second kappa shape index (κ2) is 10.2. The molecular weight excluding hydrogens is 509 g/mol. The number of rotatable bonds is 7. The van der Waals surface area contributed by atoms with Crippen molar-refractivity contribution in [3.63, 3.8) is 0 Å². The van der Waals surface area contributed by atoms with Crippen LogP contribution in [0.2, 0.25) is 0 Å². The molecule has 4 aromatic heterocycles. The van der Waals surface area contributed by atoms with Crippen LogP contribution in [0.5, 0.6) is 5.75 Å². The van der Waals surface area contributed by atoms with E-state index < -0.39 is 17.4 Å². The van der Waals surface area contributed by atoms with Gasteiger partial charge in [-0.25, -0.2) is 9.97 Å².